The molecule has 2 aliphatic heterocycles. The van der Waals surface area contributed by atoms with E-state index in [9.17, 15) is 0 Å². The number of anilines is 2. The summed E-state index contributed by atoms with van der Waals surface area (Å²) in [4.78, 5) is 7.28. The smallest absolute Gasteiger partial charge is 0.129 e. The molecule has 5 heteroatoms. The maximum absolute atomic E-state index is 6.06. The number of nitrogens with two attached hydrogens (primary N) is 1. The number of nitrogen functional groups attached to an aromatic ring is 1. The molecule has 5 nitrogen and oxygen atoms in total. The van der Waals surface area contributed by atoms with Crippen LogP contribution in [0.1, 0.15) is 17.7 Å². The highest BCUT2D eigenvalue weighted by Gasteiger charge is 2.17. The summed E-state index contributed by atoms with van der Waals surface area (Å²) >= 11 is 0. The molecule has 2 aliphatic rings. The molecule has 0 bridgehead atoms. The van der Waals surface area contributed by atoms with Crippen LogP contribution in [0.5, 0.6) is 0 Å². The van der Waals surface area contributed by atoms with Gasteiger partial charge in [-0.1, -0.05) is 12.1 Å². The third-order valence-corrected chi connectivity index (χ3v) is 5.01. The Kier molecular flexibility index (Phi) is 4.91. The minimum absolute atomic E-state index is 0.658. The Morgan fingerprint density at radius 2 is 1.88 bits per heavy atom. The minimum atomic E-state index is 0.658. The Balaban J connectivity index is 1.81. The quantitative estimate of drug-likeness (QED) is 0.860. The van der Waals surface area contributed by atoms with Crippen molar-refractivity contribution >= 4 is 17.1 Å². The van der Waals surface area contributed by atoms with E-state index in [-0.39, 0.29) is 0 Å². The Labute approximate surface area is 154 Å². The lowest BCUT2D eigenvalue weighted by atomic mass is 9.97. The molecule has 4 rings (SSSR count). The zero-order chi connectivity index (χ0) is 17.9. The van der Waals surface area contributed by atoms with Crippen LogP contribution in [-0.4, -0.2) is 44.5 Å². The van der Waals surface area contributed by atoms with E-state index in [0.29, 0.717) is 6.61 Å². The predicted octanol–water partition coefficient (Wildman–Crippen LogP) is 3.28. The maximum Gasteiger partial charge on any atom is 0.129 e. The molecule has 1 fully saturated rings. The van der Waals surface area contributed by atoms with Gasteiger partial charge in [-0.15, -0.1) is 0 Å². The second kappa shape index (κ2) is 7.48. The number of hydrogen-bond acceptors (Lipinski definition) is 5. The van der Waals surface area contributed by atoms with Crippen LogP contribution in [0.2, 0.25) is 0 Å². The van der Waals surface area contributed by atoms with Crippen LogP contribution in [0.25, 0.3) is 16.7 Å². The Morgan fingerprint density at radius 1 is 1.04 bits per heavy atom. The fourth-order valence-corrected chi connectivity index (χ4v) is 3.50. The van der Waals surface area contributed by atoms with Crippen LogP contribution in [-0.2, 0) is 9.47 Å². The SMILES string of the molecule is Cc1ccc(N)cc1-c1cc(C2=CCOCC2)nc(N2CCOCC2)c1. The molecule has 0 unspecified atom stereocenters. The summed E-state index contributed by atoms with van der Waals surface area (Å²) in [5.74, 6) is 1.01. The summed E-state index contributed by atoms with van der Waals surface area (Å²) in [5, 5.41) is 0. The lowest BCUT2D eigenvalue weighted by Gasteiger charge is -2.29. The number of hydrogen-bond donors (Lipinski definition) is 1. The van der Waals surface area contributed by atoms with Crippen molar-refractivity contribution in [2.45, 2.75) is 13.3 Å². The van der Waals surface area contributed by atoms with E-state index in [1.807, 2.05) is 6.07 Å². The number of benzene rings is 1. The Bertz CT molecular complexity index is 826. The van der Waals surface area contributed by atoms with Gasteiger partial charge >= 0.3 is 0 Å². The summed E-state index contributed by atoms with van der Waals surface area (Å²) < 4.78 is 11.0. The minimum Gasteiger partial charge on any atom is -0.399 e. The number of pyridine rings is 1. The lowest BCUT2D eigenvalue weighted by Crippen LogP contribution is -2.36. The number of aromatic nitrogens is 1. The summed E-state index contributed by atoms with van der Waals surface area (Å²) in [6.45, 7) is 6.76. The molecule has 0 radical (unpaired) electrons. The summed E-state index contributed by atoms with van der Waals surface area (Å²) in [5.41, 5.74) is 12.7. The van der Waals surface area contributed by atoms with Crippen molar-refractivity contribution < 1.29 is 9.47 Å². The van der Waals surface area contributed by atoms with Crippen molar-refractivity contribution in [3.8, 4) is 11.1 Å². The second-order valence-electron chi connectivity index (χ2n) is 6.83. The van der Waals surface area contributed by atoms with E-state index in [1.54, 1.807) is 0 Å². The van der Waals surface area contributed by atoms with Crippen LogP contribution in [0.4, 0.5) is 11.5 Å². The van der Waals surface area contributed by atoms with E-state index in [0.717, 1.165) is 67.7 Å². The van der Waals surface area contributed by atoms with Gasteiger partial charge in [0.05, 0.1) is 32.1 Å². The van der Waals surface area contributed by atoms with E-state index in [2.05, 4.69) is 42.2 Å². The van der Waals surface area contributed by atoms with Gasteiger partial charge in [-0.05, 0) is 59.9 Å². The fourth-order valence-electron chi connectivity index (χ4n) is 3.50. The molecule has 1 aromatic heterocycles. The van der Waals surface area contributed by atoms with Crippen molar-refractivity contribution in [3.63, 3.8) is 0 Å². The number of nitrogens with zero attached hydrogens (tertiary/aromatic N) is 2. The molecule has 136 valence electrons. The highest BCUT2D eigenvalue weighted by molar-refractivity contribution is 5.77. The average Bonchev–Trinajstić information content (AvgIpc) is 2.71. The first kappa shape index (κ1) is 17.1. The molecule has 3 heterocycles. The third kappa shape index (κ3) is 3.59. The van der Waals surface area contributed by atoms with E-state index < -0.39 is 0 Å². The molecule has 26 heavy (non-hydrogen) atoms. The predicted molar refractivity (Wildman–Crippen MR) is 105 cm³/mol. The van der Waals surface area contributed by atoms with Gasteiger partial charge in [0.15, 0.2) is 0 Å². The van der Waals surface area contributed by atoms with Crippen LogP contribution in [0.3, 0.4) is 0 Å². The first-order valence-corrected chi connectivity index (χ1v) is 9.19. The molecule has 0 saturated carbocycles. The molecular weight excluding hydrogens is 326 g/mol. The van der Waals surface area contributed by atoms with Gasteiger partial charge < -0.3 is 20.1 Å². The van der Waals surface area contributed by atoms with Gasteiger partial charge in [0.25, 0.3) is 0 Å². The molecule has 1 saturated heterocycles. The molecule has 0 atom stereocenters. The topological polar surface area (TPSA) is 60.6 Å². The number of aryl methyl sites for hydroxylation is 1. The van der Waals surface area contributed by atoms with Crippen molar-refractivity contribution in [3.05, 3.63) is 47.7 Å². The fraction of sp³-hybridized carbons (Fsp3) is 0.381. The van der Waals surface area contributed by atoms with Crippen LogP contribution >= 0.6 is 0 Å². The van der Waals surface area contributed by atoms with E-state index >= 15 is 0 Å². The number of rotatable bonds is 3. The van der Waals surface area contributed by atoms with Gasteiger partial charge in [0, 0.05) is 18.8 Å². The van der Waals surface area contributed by atoms with Gasteiger partial charge in [-0.3, -0.25) is 0 Å². The first-order valence-electron chi connectivity index (χ1n) is 9.19. The van der Waals surface area contributed by atoms with Crippen molar-refractivity contribution in [1.82, 2.24) is 4.98 Å². The average molecular weight is 351 g/mol. The molecular formula is C21H25N3O2. The normalized spacial score (nSPS) is 17.9. The highest BCUT2D eigenvalue weighted by atomic mass is 16.5. The van der Waals surface area contributed by atoms with Gasteiger partial charge in [-0.25, -0.2) is 4.98 Å². The summed E-state index contributed by atoms with van der Waals surface area (Å²) in [6.07, 6.45) is 3.04. The van der Waals surface area contributed by atoms with Crippen molar-refractivity contribution in [1.29, 1.82) is 0 Å². The number of ether oxygens (including phenoxy) is 2. The standard InChI is InChI=1S/C21H25N3O2/c1-15-2-3-18(22)14-19(15)17-12-20(16-4-8-25-9-5-16)23-21(13-17)24-6-10-26-11-7-24/h2-4,12-14H,5-11,22H2,1H3. The van der Waals surface area contributed by atoms with Gasteiger partial charge in [0.1, 0.15) is 5.82 Å². The van der Waals surface area contributed by atoms with Crippen molar-refractivity contribution in [2.75, 3.05) is 50.2 Å². The van der Waals surface area contributed by atoms with E-state index in [4.69, 9.17) is 20.2 Å². The van der Waals surface area contributed by atoms with Crippen LogP contribution in [0, 0.1) is 6.92 Å². The van der Waals surface area contributed by atoms with Gasteiger partial charge in [-0.2, -0.15) is 0 Å². The Morgan fingerprint density at radius 3 is 2.65 bits per heavy atom. The van der Waals surface area contributed by atoms with E-state index in [1.165, 1.54) is 11.1 Å². The van der Waals surface area contributed by atoms with Gasteiger partial charge in [0.2, 0.25) is 0 Å². The monoisotopic (exact) mass is 351 g/mol. The third-order valence-electron chi connectivity index (χ3n) is 5.01. The molecule has 2 aromatic rings. The van der Waals surface area contributed by atoms with Crippen LogP contribution in [0.15, 0.2) is 36.4 Å². The zero-order valence-corrected chi connectivity index (χ0v) is 15.2. The largest absolute Gasteiger partial charge is 0.399 e. The summed E-state index contributed by atoms with van der Waals surface area (Å²) in [7, 11) is 0. The first-order chi connectivity index (χ1) is 12.7. The zero-order valence-electron chi connectivity index (χ0n) is 15.2. The molecule has 0 spiro atoms. The molecule has 0 aliphatic carbocycles. The molecule has 2 N–H and O–H groups in total. The van der Waals surface area contributed by atoms with Crippen LogP contribution < -0.4 is 10.6 Å². The lowest BCUT2D eigenvalue weighted by molar-refractivity contribution is 0.122. The summed E-state index contributed by atoms with van der Waals surface area (Å²) in [6, 6.07) is 10.4. The molecule has 1 aromatic carbocycles. The number of morpholine rings is 1. The second-order valence-corrected chi connectivity index (χ2v) is 6.83. The molecule has 0 amide bonds. The van der Waals surface area contributed by atoms with Crippen molar-refractivity contribution in [2.24, 2.45) is 0 Å². The Hall–Kier alpha value is -2.37. The maximum atomic E-state index is 6.06. The highest BCUT2D eigenvalue weighted by Crippen LogP contribution is 2.32.